The molecule has 48 heavy (non-hydrogen) atoms. The average Bonchev–Trinajstić information content (AvgIpc) is 3.41. The Morgan fingerprint density at radius 1 is 0.875 bits per heavy atom. The van der Waals surface area contributed by atoms with Gasteiger partial charge in [0.1, 0.15) is 17.4 Å². The number of likely N-dealkylation sites (tertiary alicyclic amines) is 1. The number of amides is 3. The Hall–Kier alpha value is -3.95. The maximum Gasteiger partial charge on any atom is 0.249 e. The third-order valence-electron chi connectivity index (χ3n) is 11.3. The van der Waals surface area contributed by atoms with E-state index in [-0.39, 0.29) is 30.4 Å². The standard InChI is InChI=1S/C39H47N3O6/c1-3-38-21-11-23-40(29-17-19-31(20-18-29)47-4-2)35(44)32(38)33-36(45)42(30(26-43)25-27-13-7-5-8-14-27)34-37(46)41(28-15-9-6-10-16-28)24-12-22-39(33,34)48-38/h5,7-8,11-14,17-22,28,30,32-34,43H,3-4,6,9-10,15-16,23-26H2,1-2H3/t30-,32-,33+,34?,38+,39+/m1/s1. The van der Waals surface area contributed by atoms with Crippen LogP contribution in [0.2, 0.25) is 0 Å². The lowest BCUT2D eigenvalue weighted by Gasteiger charge is -2.42. The smallest absolute Gasteiger partial charge is 0.249 e. The number of rotatable bonds is 9. The largest absolute Gasteiger partial charge is 0.494 e. The molecule has 9 heteroatoms. The van der Waals surface area contributed by atoms with E-state index in [4.69, 9.17) is 9.47 Å². The molecule has 0 aromatic heterocycles. The number of carbonyl (C=O) groups excluding carboxylic acids is 3. The number of anilines is 1. The molecule has 7 rings (SSSR count). The summed E-state index contributed by atoms with van der Waals surface area (Å²) >= 11 is 0. The quantitative estimate of drug-likeness (QED) is 0.395. The SMILES string of the molecule is CCOc1ccc(N2CC=C[C@]3(CC)O[C@]45C=CCN(C6CCCCC6)C(=O)C4N([C@@H](CO)Cc4ccccc4)C(=O)[C@@H]5[C@@H]3C2=O)cc1. The van der Waals surface area contributed by atoms with Gasteiger partial charge in [0.15, 0.2) is 0 Å². The molecule has 1 saturated carbocycles. The van der Waals surface area contributed by atoms with Crippen LogP contribution in [0.1, 0.15) is 57.9 Å². The summed E-state index contributed by atoms with van der Waals surface area (Å²) in [5.41, 5.74) is -0.798. The lowest BCUT2D eigenvalue weighted by Crippen LogP contribution is -2.60. The van der Waals surface area contributed by atoms with Crippen molar-refractivity contribution in [1.82, 2.24) is 9.80 Å². The van der Waals surface area contributed by atoms with E-state index in [1.54, 1.807) is 9.80 Å². The average molecular weight is 654 g/mol. The first-order valence-corrected chi connectivity index (χ1v) is 17.7. The molecule has 2 aromatic rings. The van der Waals surface area contributed by atoms with Crippen molar-refractivity contribution in [3.8, 4) is 5.75 Å². The van der Waals surface area contributed by atoms with Crippen molar-refractivity contribution >= 4 is 23.4 Å². The number of hydrogen-bond acceptors (Lipinski definition) is 6. The van der Waals surface area contributed by atoms with Crippen molar-refractivity contribution in [1.29, 1.82) is 0 Å². The first kappa shape index (κ1) is 32.6. The zero-order valence-corrected chi connectivity index (χ0v) is 28.0. The number of fused-ring (bicyclic) bond motifs is 2. The second-order valence-corrected chi connectivity index (χ2v) is 13.9. The number of aliphatic hydroxyl groups is 1. The zero-order chi connectivity index (χ0) is 33.5. The number of ether oxygens (including phenoxy) is 2. The van der Waals surface area contributed by atoms with Gasteiger partial charge in [0, 0.05) is 24.8 Å². The second kappa shape index (κ2) is 13.2. The molecule has 4 heterocycles. The molecule has 3 fully saturated rings. The van der Waals surface area contributed by atoms with Gasteiger partial charge in [-0.1, -0.05) is 80.8 Å². The van der Waals surface area contributed by atoms with E-state index in [0.717, 1.165) is 37.7 Å². The van der Waals surface area contributed by atoms with Crippen molar-refractivity contribution in [3.63, 3.8) is 0 Å². The van der Waals surface area contributed by atoms with Crippen LogP contribution in [-0.4, -0.2) is 88.3 Å². The molecule has 1 aliphatic carbocycles. The van der Waals surface area contributed by atoms with Gasteiger partial charge in [-0.2, -0.15) is 0 Å². The number of nitrogens with zero attached hydrogens (tertiary/aromatic N) is 3. The molecule has 5 aliphatic rings. The Bertz CT molecular complexity index is 1570. The first-order chi connectivity index (χ1) is 23.4. The molecule has 0 bridgehead atoms. The van der Waals surface area contributed by atoms with Crippen LogP contribution >= 0.6 is 0 Å². The van der Waals surface area contributed by atoms with Gasteiger partial charge in [0.25, 0.3) is 0 Å². The van der Waals surface area contributed by atoms with Crippen LogP contribution in [0, 0.1) is 11.8 Å². The van der Waals surface area contributed by atoms with Crippen LogP contribution < -0.4 is 9.64 Å². The highest BCUT2D eigenvalue weighted by atomic mass is 16.5. The summed E-state index contributed by atoms with van der Waals surface area (Å²) < 4.78 is 12.8. The van der Waals surface area contributed by atoms with E-state index in [9.17, 15) is 9.90 Å². The molecule has 2 saturated heterocycles. The molecule has 2 aromatic carbocycles. The third-order valence-corrected chi connectivity index (χ3v) is 11.3. The Kier molecular flexibility index (Phi) is 8.94. The number of hydrogen-bond donors (Lipinski definition) is 1. The van der Waals surface area contributed by atoms with E-state index in [1.807, 2.05) is 97.6 Å². The Morgan fingerprint density at radius 3 is 2.29 bits per heavy atom. The highest BCUT2D eigenvalue weighted by Crippen LogP contribution is 2.59. The van der Waals surface area contributed by atoms with Gasteiger partial charge < -0.3 is 29.3 Å². The predicted molar refractivity (Wildman–Crippen MR) is 182 cm³/mol. The maximum atomic E-state index is 15.1. The molecule has 3 amide bonds. The molecule has 254 valence electrons. The van der Waals surface area contributed by atoms with E-state index in [1.165, 1.54) is 0 Å². The fraction of sp³-hybridized carbons (Fsp3) is 0.513. The number of carbonyl (C=O) groups is 3. The molecule has 1 unspecified atom stereocenters. The summed E-state index contributed by atoms with van der Waals surface area (Å²) in [6.07, 6.45) is 13.8. The van der Waals surface area contributed by atoms with E-state index >= 15 is 9.59 Å². The minimum Gasteiger partial charge on any atom is -0.494 e. The van der Waals surface area contributed by atoms with Gasteiger partial charge in [-0.05, 0) is 62.4 Å². The van der Waals surface area contributed by atoms with Crippen LogP contribution in [0.25, 0.3) is 0 Å². The van der Waals surface area contributed by atoms with Gasteiger partial charge in [-0.15, -0.1) is 0 Å². The Morgan fingerprint density at radius 2 is 1.60 bits per heavy atom. The minimum atomic E-state index is -1.37. The van der Waals surface area contributed by atoms with Gasteiger partial charge in [-0.25, -0.2) is 0 Å². The molecule has 4 aliphatic heterocycles. The molecule has 9 nitrogen and oxygen atoms in total. The lowest BCUT2D eigenvalue weighted by molar-refractivity contribution is -0.157. The van der Waals surface area contributed by atoms with Gasteiger partial charge in [0.2, 0.25) is 17.7 Å². The molecule has 6 atom stereocenters. The van der Waals surface area contributed by atoms with E-state index < -0.39 is 35.1 Å². The third kappa shape index (κ3) is 5.26. The van der Waals surface area contributed by atoms with Crippen LogP contribution in [0.5, 0.6) is 5.75 Å². The van der Waals surface area contributed by atoms with E-state index in [2.05, 4.69) is 0 Å². The normalized spacial score (nSPS) is 30.9. The van der Waals surface area contributed by atoms with Crippen molar-refractivity contribution in [2.75, 3.05) is 31.2 Å². The summed E-state index contributed by atoms with van der Waals surface area (Å²) in [5, 5.41) is 10.9. The van der Waals surface area contributed by atoms with Crippen molar-refractivity contribution in [3.05, 3.63) is 84.5 Å². The second-order valence-electron chi connectivity index (χ2n) is 13.9. The van der Waals surface area contributed by atoms with Crippen LogP contribution in [0.3, 0.4) is 0 Å². The Balaban J connectivity index is 1.33. The van der Waals surface area contributed by atoms with Crippen molar-refractivity contribution in [2.24, 2.45) is 11.8 Å². The molecule has 0 radical (unpaired) electrons. The monoisotopic (exact) mass is 653 g/mol. The predicted octanol–water partition coefficient (Wildman–Crippen LogP) is 4.68. The topological polar surface area (TPSA) is 99.6 Å². The summed E-state index contributed by atoms with van der Waals surface area (Å²) in [4.78, 5) is 50.3. The summed E-state index contributed by atoms with van der Waals surface area (Å²) in [7, 11) is 0. The van der Waals surface area contributed by atoms with Crippen molar-refractivity contribution < 1.29 is 29.0 Å². The van der Waals surface area contributed by atoms with Crippen LogP contribution in [0.4, 0.5) is 5.69 Å². The molecular weight excluding hydrogens is 606 g/mol. The summed E-state index contributed by atoms with van der Waals surface area (Å²) in [6, 6.07) is 15.6. The molecule has 1 spiro atoms. The maximum absolute atomic E-state index is 15.1. The lowest BCUT2D eigenvalue weighted by atomic mass is 9.73. The van der Waals surface area contributed by atoms with Gasteiger partial charge in [-0.3, -0.25) is 14.4 Å². The van der Waals surface area contributed by atoms with E-state index in [0.29, 0.717) is 44.0 Å². The fourth-order valence-electron chi connectivity index (χ4n) is 9.09. The summed E-state index contributed by atoms with van der Waals surface area (Å²) in [5.74, 6) is -1.78. The first-order valence-electron chi connectivity index (χ1n) is 17.7. The van der Waals surface area contributed by atoms with Crippen LogP contribution in [-0.2, 0) is 25.5 Å². The number of benzene rings is 2. The zero-order valence-electron chi connectivity index (χ0n) is 28.0. The van der Waals surface area contributed by atoms with Gasteiger partial charge in [0.05, 0.1) is 36.7 Å². The number of aliphatic hydroxyl groups excluding tert-OH is 1. The molecule has 1 N–H and O–H groups in total. The molecular formula is C39H47N3O6. The summed E-state index contributed by atoms with van der Waals surface area (Å²) in [6.45, 7) is 4.87. The van der Waals surface area contributed by atoms with Crippen molar-refractivity contribution in [2.45, 2.75) is 88.1 Å². The highest BCUT2D eigenvalue weighted by Gasteiger charge is 2.76. The minimum absolute atomic E-state index is 0.0763. The Labute approximate surface area is 283 Å². The van der Waals surface area contributed by atoms with Crippen LogP contribution in [0.15, 0.2) is 78.9 Å². The highest BCUT2D eigenvalue weighted by molar-refractivity contribution is 6.04. The van der Waals surface area contributed by atoms with Gasteiger partial charge >= 0.3 is 0 Å². The fourth-order valence-corrected chi connectivity index (χ4v) is 9.09.